The molecule has 2 atom stereocenters. The van der Waals surface area contributed by atoms with Gasteiger partial charge in [0.15, 0.2) is 0 Å². The van der Waals surface area contributed by atoms with Gasteiger partial charge in [-0.25, -0.2) is 14.6 Å². The molecule has 1 aliphatic carbocycles. The van der Waals surface area contributed by atoms with E-state index in [0.717, 1.165) is 22.3 Å². The van der Waals surface area contributed by atoms with Crippen LogP contribution in [0.1, 0.15) is 42.5 Å². The van der Waals surface area contributed by atoms with Crippen LogP contribution in [0.5, 0.6) is 0 Å². The number of H-pyrrole nitrogens is 1. The molecule has 0 radical (unpaired) electrons. The molecule has 182 valence electrons. The molecule has 4 rings (SSSR count). The lowest BCUT2D eigenvalue weighted by molar-refractivity contribution is -0.142. The third kappa shape index (κ3) is 5.51. The van der Waals surface area contributed by atoms with Gasteiger partial charge in [0.1, 0.15) is 18.7 Å². The van der Waals surface area contributed by atoms with E-state index in [1.165, 1.54) is 12.5 Å². The number of ether oxygens (including phenoxy) is 1. The van der Waals surface area contributed by atoms with E-state index in [1.807, 2.05) is 43.3 Å². The minimum Gasteiger partial charge on any atom is -0.480 e. The third-order valence-corrected chi connectivity index (χ3v) is 6.12. The van der Waals surface area contributed by atoms with Crippen LogP contribution in [0.2, 0.25) is 0 Å². The first-order valence-corrected chi connectivity index (χ1v) is 11.6. The molecule has 0 aliphatic heterocycles. The van der Waals surface area contributed by atoms with Gasteiger partial charge < -0.3 is 25.5 Å². The summed E-state index contributed by atoms with van der Waals surface area (Å²) in [6.45, 7) is 2.00. The molecule has 2 amide bonds. The number of aromatic amines is 1. The van der Waals surface area contributed by atoms with Gasteiger partial charge >= 0.3 is 12.1 Å². The number of carbonyl (C=O) groups excluding carboxylic acids is 2. The maximum absolute atomic E-state index is 12.8. The van der Waals surface area contributed by atoms with Crippen molar-refractivity contribution in [3.05, 3.63) is 77.9 Å². The molecule has 0 saturated carbocycles. The van der Waals surface area contributed by atoms with E-state index < -0.39 is 30.1 Å². The summed E-state index contributed by atoms with van der Waals surface area (Å²) in [5.74, 6) is -1.85. The average Bonchev–Trinajstić information content (AvgIpc) is 3.48. The summed E-state index contributed by atoms with van der Waals surface area (Å²) in [6.07, 6.45) is 3.22. The molecule has 35 heavy (non-hydrogen) atoms. The van der Waals surface area contributed by atoms with E-state index in [4.69, 9.17) is 4.74 Å². The predicted molar refractivity (Wildman–Crippen MR) is 129 cm³/mol. The number of nitrogens with zero attached hydrogens (tertiary/aromatic N) is 1. The maximum Gasteiger partial charge on any atom is 0.407 e. The van der Waals surface area contributed by atoms with E-state index in [0.29, 0.717) is 18.5 Å². The van der Waals surface area contributed by atoms with Crippen molar-refractivity contribution in [2.24, 2.45) is 0 Å². The zero-order chi connectivity index (χ0) is 24.8. The van der Waals surface area contributed by atoms with Gasteiger partial charge in [0.25, 0.3) is 0 Å². The van der Waals surface area contributed by atoms with Crippen LogP contribution in [0.3, 0.4) is 0 Å². The molecule has 1 aliphatic rings. The lowest BCUT2D eigenvalue weighted by Crippen LogP contribution is -2.52. The Morgan fingerprint density at radius 2 is 1.69 bits per heavy atom. The highest BCUT2D eigenvalue weighted by molar-refractivity contribution is 5.89. The number of amides is 2. The topological polar surface area (TPSA) is 133 Å². The summed E-state index contributed by atoms with van der Waals surface area (Å²) >= 11 is 0. The van der Waals surface area contributed by atoms with E-state index in [9.17, 15) is 19.5 Å². The van der Waals surface area contributed by atoms with E-state index in [1.54, 1.807) is 0 Å². The highest BCUT2D eigenvalue weighted by Crippen LogP contribution is 2.44. The Hall–Kier alpha value is -4.14. The number of carboxylic acid groups (broad SMARTS) is 1. The molecule has 9 heteroatoms. The molecule has 9 nitrogen and oxygen atoms in total. The molecule has 2 aromatic carbocycles. The number of carboxylic acids is 1. The van der Waals surface area contributed by atoms with Crippen molar-refractivity contribution in [1.82, 2.24) is 20.6 Å². The number of aromatic nitrogens is 2. The van der Waals surface area contributed by atoms with Gasteiger partial charge in [-0.2, -0.15) is 0 Å². The summed E-state index contributed by atoms with van der Waals surface area (Å²) in [5.41, 5.74) is 5.00. The summed E-state index contributed by atoms with van der Waals surface area (Å²) in [5, 5.41) is 14.6. The molecule has 0 spiro atoms. The largest absolute Gasteiger partial charge is 0.480 e. The monoisotopic (exact) mass is 476 g/mol. The number of aliphatic carboxylic acids is 1. The van der Waals surface area contributed by atoms with Crippen molar-refractivity contribution in [3.8, 4) is 11.1 Å². The molecule has 0 fully saturated rings. The van der Waals surface area contributed by atoms with Crippen LogP contribution < -0.4 is 10.6 Å². The van der Waals surface area contributed by atoms with Crippen LogP contribution in [-0.4, -0.2) is 51.7 Å². The second-order valence-electron chi connectivity index (χ2n) is 8.49. The average molecular weight is 477 g/mol. The molecule has 0 saturated heterocycles. The zero-order valence-corrected chi connectivity index (χ0v) is 19.4. The van der Waals surface area contributed by atoms with Crippen molar-refractivity contribution in [2.75, 3.05) is 6.61 Å². The van der Waals surface area contributed by atoms with Gasteiger partial charge in [0.05, 0.1) is 6.33 Å². The number of imidazole rings is 1. The van der Waals surface area contributed by atoms with Crippen molar-refractivity contribution < 1.29 is 24.2 Å². The number of fused-ring (bicyclic) bond motifs is 3. The Labute approximate surface area is 202 Å². The number of hydrogen-bond acceptors (Lipinski definition) is 5. The Balaban J connectivity index is 1.38. The number of hydrogen-bond donors (Lipinski definition) is 4. The Morgan fingerprint density at radius 1 is 1.03 bits per heavy atom. The minimum absolute atomic E-state index is 0.0465. The van der Waals surface area contributed by atoms with Crippen LogP contribution in [0.15, 0.2) is 61.1 Å². The normalized spacial score (nSPS) is 13.9. The van der Waals surface area contributed by atoms with E-state index in [-0.39, 0.29) is 18.9 Å². The second-order valence-corrected chi connectivity index (χ2v) is 8.49. The summed E-state index contributed by atoms with van der Waals surface area (Å²) < 4.78 is 5.54. The molecule has 0 bridgehead atoms. The summed E-state index contributed by atoms with van der Waals surface area (Å²) in [6, 6.07) is 14.0. The summed E-state index contributed by atoms with van der Waals surface area (Å²) in [7, 11) is 0. The number of carbonyl (C=O) groups is 3. The number of rotatable bonds is 10. The predicted octanol–water partition coefficient (Wildman–Crippen LogP) is 3.23. The number of alkyl carbamates (subject to hydrolysis) is 1. The molecule has 4 N–H and O–H groups in total. The zero-order valence-electron chi connectivity index (χ0n) is 19.4. The van der Waals surface area contributed by atoms with Gasteiger partial charge in [0, 0.05) is 24.2 Å². The quantitative estimate of drug-likeness (QED) is 0.355. The van der Waals surface area contributed by atoms with Gasteiger partial charge in [-0.05, 0) is 28.7 Å². The first-order valence-electron chi connectivity index (χ1n) is 11.6. The van der Waals surface area contributed by atoms with Crippen molar-refractivity contribution in [3.63, 3.8) is 0 Å². The van der Waals surface area contributed by atoms with Crippen LogP contribution in [0.25, 0.3) is 11.1 Å². The highest BCUT2D eigenvalue weighted by atomic mass is 16.5. The third-order valence-electron chi connectivity index (χ3n) is 6.12. The van der Waals surface area contributed by atoms with Crippen LogP contribution in [0.4, 0.5) is 4.79 Å². The Morgan fingerprint density at radius 3 is 2.26 bits per heavy atom. The van der Waals surface area contributed by atoms with Gasteiger partial charge in [-0.15, -0.1) is 0 Å². The Bertz CT molecular complexity index is 1150. The van der Waals surface area contributed by atoms with Gasteiger partial charge in [-0.1, -0.05) is 61.9 Å². The number of benzene rings is 2. The SMILES string of the molecule is CCC[C@@H](NC(=O)OCC1c2ccccc2-c2ccccc21)C(=O)N[C@H](Cc1cnc[nH]1)C(=O)O. The highest BCUT2D eigenvalue weighted by Gasteiger charge is 2.30. The van der Waals surface area contributed by atoms with Crippen molar-refractivity contribution >= 4 is 18.0 Å². The molecular weight excluding hydrogens is 448 g/mol. The fourth-order valence-corrected chi connectivity index (χ4v) is 4.43. The van der Waals surface area contributed by atoms with Gasteiger partial charge in [-0.3, -0.25) is 4.79 Å². The van der Waals surface area contributed by atoms with E-state index >= 15 is 0 Å². The van der Waals surface area contributed by atoms with Crippen LogP contribution >= 0.6 is 0 Å². The fourth-order valence-electron chi connectivity index (χ4n) is 4.43. The smallest absolute Gasteiger partial charge is 0.407 e. The first kappa shape index (κ1) is 24.0. The fraction of sp³-hybridized carbons (Fsp3) is 0.308. The molecular formula is C26H28N4O5. The lowest BCUT2D eigenvalue weighted by atomic mass is 9.98. The standard InChI is InChI=1S/C26H28N4O5/c1-2-7-22(24(31)29-23(25(32)33)12-16-13-27-15-28-16)30-26(34)35-14-21-19-10-5-3-8-17(19)18-9-4-6-11-20(18)21/h3-6,8-11,13,15,21-23H,2,7,12,14H2,1H3,(H,27,28)(H,29,31)(H,30,34)(H,32,33)/t22-,23-/m1/s1. The minimum atomic E-state index is -1.18. The number of nitrogens with one attached hydrogen (secondary N) is 3. The van der Waals surface area contributed by atoms with Crippen molar-refractivity contribution in [1.29, 1.82) is 0 Å². The van der Waals surface area contributed by atoms with Crippen molar-refractivity contribution in [2.45, 2.75) is 44.2 Å². The van der Waals surface area contributed by atoms with E-state index in [2.05, 4.69) is 32.7 Å². The molecule has 0 unspecified atom stereocenters. The molecule has 3 aromatic rings. The second kappa shape index (κ2) is 10.9. The summed E-state index contributed by atoms with van der Waals surface area (Å²) in [4.78, 5) is 43.8. The Kier molecular flexibility index (Phi) is 7.45. The van der Waals surface area contributed by atoms with Crippen LogP contribution in [0, 0.1) is 0 Å². The maximum atomic E-state index is 12.8. The molecule has 1 aromatic heterocycles. The van der Waals surface area contributed by atoms with Gasteiger partial charge in [0.2, 0.25) is 5.91 Å². The lowest BCUT2D eigenvalue weighted by Gasteiger charge is -2.21. The molecule has 1 heterocycles. The van der Waals surface area contributed by atoms with Crippen LogP contribution in [-0.2, 0) is 20.7 Å². The first-order chi connectivity index (χ1) is 17.0.